The van der Waals surface area contributed by atoms with E-state index in [0.29, 0.717) is 17.8 Å². The molecule has 2 heteroatoms. The van der Waals surface area contributed by atoms with Crippen LogP contribution < -0.4 is 0 Å². The first-order valence-electron chi connectivity index (χ1n) is 3.67. The fourth-order valence-corrected chi connectivity index (χ4v) is 3.07. The summed E-state index contributed by atoms with van der Waals surface area (Å²) in [6, 6.07) is 0. The molecule has 0 aromatic heterocycles. The minimum absolute atomic E-state index is 0.144. The molecule has 0 spiro atoms. The number of aliphatic hydroxyl groups excluding tert-OH is 2. The van der Waals surface area contributed by atoms with Gasteiger partial charge in [0.1, 0.15) is 0 Å². The second kappa shape index (κ2) is 1.06. The number of hydrogen-bond acceptors (Lipinski definition) is 2. The minimum Gasteiger partial charge on any atom is -0.392 e. The Kier molecular flexibility index (Phi) is 0.552. The van der Waals surface area contributed by atoms with Crippen molar-refractivity contribution in [2.75, 3.05) is 0 Å². The lowest BCUT2D eigenvalue weighted by molar-refractivity contribution is 0.0713. The van der Waals surface area contributed by atoms with Gasteiger partial charge < -0.3 is 10.2 Å². The highest BCUT2D eigenvalue weighted by Gasteiger charge is 2.73. The molecule has 0 aromatic carbocycles. The molecule has 4 atom stereocenters. The van der Waals surface area contributed by atoms with Gasteiger partial charge in [-0.25, -0.2) is 0 Å². The topological polar surface area (TPSA) is 40.5 Å². The summed E-state index contributed by atoms with van der Waals surface area (Å²) >= 11 is 0. The average Bonchev–Trinajstić information content (AvgIpc) is 2.18. The van der Waals surface area contributed by atoms with Gasteiger partial charge in [0, 0.05) is 5.92 Å². The summed E-state index contributed by atoms with van der Waals surface area (Å²) in [5, 5.41) is 18.7. The first-order chi connectivity index (χ1) is 4.30. The zero-order chi connectivity index (χ0) is 6.17. The van der Waals surface area contributed by atoms with Gasteiger partial charge in [0.2, 0.25) is 0 Å². The summed E-state index contributed by atoms with van der Waals surface area (Å²) in [6.07, 6.45) is 0.808. The number of aliphatic hydroxyl groups is 2. The molecular formula is C7H10O2. The first-order valence-corrected chi connectivity index (χ1v) is 3.67. The van der Waals surface area contributed by atoms with Gasteiger partial charge in [-0.05, 0) is 24.2 Å². The molecule has 4 saturated carbocycles. The molecule has 0 aliphatic heterocycles. The second-order valence-electron chi connectivity index (χ2n) is 3.70. The van der Waals surface area contributed by atoms with Crippen LogP contribution in [0.3, 0.4) is 0 Å². The van der Waals surface area contributed by atoms with E-state index in [1.807, 2.05) is 0 Å². The van der Waals surface area contributed by atoms with Gasteiger partial charge in [-0.15, -0.1) is 0 Å². The molecule has 9 heavy (non-hydrogen) atoms. The zero-order valence-electron chi connectivity index (χ0n) is 5.07. The Labute approximate surface area is 53.5 Å². The van der Waals surface area contributed by atoms with Crippen LogP contribution in [0.2, 0.25) is 0 Å². The Balaban J connectivity index is 2.07. The standard InChI is InChI=1S/C7H10O2/c8-6-3-1-2-4(6)5(2)7(3)9/h2-9H,1H2. The summed E-state index contributed by atoms with van der Waals surface area (Å²) in [4.78, 5) is 0. The van der Waals surface area contributed by atoms with Gasteiger partial charge in [-0.3, -0.25) is 0 Å². The Bertz CT molecular complexity index is 148. The highest BCUT2D eigenvalue weighted by atomic mass is 16.3. The van der Waals surface area contributed by atoms with E-state index >= 15 is 0 Å². The largest absolute Gasteiger partial charge is 0.392 e. The smallest absolute Gasteiger partial charge is 0.0627 e. The van der Waals surface area contributed by atoms with Crippen molar-refractivity contribution in [3.63, 3.8) is 0 Å². The quantitative estimate of drug-likeness (QED) is 0.464. The van der Waals surface area contributed by atoms with E-state index in [1.54, 1.807) is 0 Å². The van der Waals surface area contributed by atoms with Crippen molar-refractivity contribution >= 4 is 0 Å². The lowest BCUT2D eigenvalue weighted by Gasteiger charge is -2.09. The Morgan fingerprint density at radius 3 is 1.56 bits per heavy atom. The van der Waals surface area contributed by atoms with E-state index in [0.717, 1.165) is 6.42 Å². The molecular weight excluding hydrogens is 116 g/mol. The molecule has 2 nitrogen and oxygen atoms in total. The summed E-state index contributed by atoms with van der Waals surface area (Å²) in [6.45, 7) is 0. The van der Waals surface area contributed by atoms with Gasteiger partial charge >= 0.3 is 0 Å². The van der Waals surface area contributed by atoms with Crippen LogP contribution in [0.25, 0.3) is 0 Å². The third-order valence-electron chi connectivity index (χ3n) is 3.50. The Hall–Kier alpha value is -0.0800. The third kappa shape index (κ3) is 0.310. The lowest BCUT2D eigenvalue weighted by atomic mass is 10.1. The molecule has 4 fully saturated rings. The first kappa shape index (κ1) is 4.69. The summed E-state index contributed by atoms with van der Waals surface area (Å²) < 4.78 is 0. The molecule has 4 aliphatic rings. The van der Waals surface area contributed by atoms with Crippen LogP contribution in [0, 0.1) is 23.7 Å². The normalized spacial score (nSPS) is 75.3. The van der Waals surface area contributed by atoms with Crippen LogP contribution in [0.15, 0.2) is 0 Å². The Morgan fingerprint density at radius 2 is 1.44 bits per heavy atom. The SMILES string of the molecule is OC1C2CC3C1C3C2O. The predicted molar refractivity (Wildman–Crippen MR) is 30.6 cm³/mol. The van der Waals surface area contributed by atoms with Gasteiger partial charge in [0.25, 0.3) is 0 Å². The van der Waals surface area contributed by atoms with E-state index in [4.69, 9.17) is 0 Å². The number of rotatable bonds is 0. The number of hydrogen-bond donors (Lipinski definition) is 2. The van der Waals surface area contributed by atoms with Crippen LogP contribution >= 0.6 is 0 Å². The third-order valence-corrected chi connectivity index (χ3v) is 3.50. The molecule has 4 unspecified atom stereocenters. The highest BCUT2D eigenvalue weighted by Crippen LogP contribution is 2.70. The molecule has 0 aromatic rings. The van der Waals surface area contributed by atoms with E-state index in [9.17, 15) is 10.2 Å². The molecule has 4 rings (SSSR count). The van der Waals surface area contributed by atoms with E-state index in [-0.39, 0.29) is 18.1 Å². The molecule has 4 aliphatic carbocycles. The molecule has 0 radical (unpaired) electrons. The summed E-state index contributed by atoms with van der Waals surface area (Å²) in [5.41, 5.74) is 0. The van der Waals surface area contributed by atoms with Crippen molar-refractivity contribution in [3.05, 3.63) is 0 Å². The fraction of sp³-hybridized carbons (Fsp3) is 1.00. The van der Waals surface area contributed by atoms with Crippen molar-refractivity contribution in [1.29, 1.82) is 0 Å². The van der Waals surface area contributed by atoms with E-state index in [2.05, 4.69) is 0 Å². The van der Waals surface area contributed by atoms with Gasteiger partial charge in [-0.1, -0.05) is 0 Å². The highest BCUT2D eigenvalue weighted by molar-refractivity contribution is 5.21. The van der Waals surface area contributed by atoms with Gasteiger partial charge in [-0.2, -0.15) is 0 Å². The van der Waals surface area contributed by atoms with E-state index < -0.39 is 0 Å². The molecule has 4 bridgehead atoms. The lowest BCUT2D eigenvalue weighted by Crippen LogP contribution is -2.19. The van der Waals surface area contributed by atoms with Crippen LogP contribution in [-0.4, -0.2) is 22.4 Å². The van der Waals surface area contributed by atoms with Crippen molar-refractivity contribution in [3.8, 4) is 0 Å². The van der Waals surface area contributed by atoms with Crippen molar-refractivity contribution in [2.45, 2.75) is 18.6 Å². The molecule has 50 valence electrons. The minimum atomic E-state index is -0.144. The maximum absolute atomic E-state index is 9.36. The Morgan fingerprint density at radius 1 is 0.889 bits per heavy atom. The fourth-order valence-electron chi connectivity index (χ4n) is 3.07. The molecule has 0 saturated heterocycles. The van der Waals surface area contributed by atoms with Crippen LogP contribution in [-0.2, 0) is 0 Å². The maximum Gasteiger partial charge on any atom is 0.0627 e. The second-order valence-corrected chi connectivity index (χ2v) is 3.70. The maximum atomic E-state index is 9.36. The molecule has 2 N–H and O–H groups in total. The van der Waals surface area contributed by atoms with Crippen molar-refractivity contribution in [2.24, 2.45) is 23.7 Å². The average molecular weight is 126 g/mol. The monoisotopic (exact) mass is 126 g/mol. The van der Waals surface area contributed by atoms with Gasteiger partial charge in [0.15, 0.2) is 0 Å². The van der Waals surface area contributed by atoms with Crippen molar-refractivity contribution < 1.29 is 10.2 Å². The molecule has 0 heterocycles. The predicted octanol–water partition coefficient (Wildman–Crippen LogP) is -0.396. The van der Waals surface area contributed by atoms with Gasteiger partial charge in [0.05, 0.1) is 12.2 Å². The van der Waals surface area contributed by atoms with Crippen molar-refractivity contribution in [1.82, 2.24) is 0 Å². The van der Waals surface area contributed by atoms with E-state index in [1.165, 1.54) is 0 Å². The van der Waals surface area contributed by atoms with Crippen LogP contribution in [0.1, 0.15) is 6.42 Å². The summed E-state index contributed by atoms with van der Waals surface area (Å²) in [5.74, 6) is 1.97. The van der Waals surface area contributed by atoms with Crippen LogP contribution in [0.4, 0.5) is 0 Å². The molecule has 0 amide bonds. The van der Waals surface area contributed by atoms with Crippen LogP contribution in [0.5, 0.6) is 0 Å². The zero-order valence-corrected chi connectivity index (χ0v) is 5.07. The summed E-state index contributed by atoms with van der Waals surface area (Å²) in [7, 11) is 0.